The summed E-state index contributed by atoms with van der Waals surface area (Å²) in [7, 11) is -2.41. The second kappa shape index (κ2) is 24.1. The zero-order valence-electron chi connectivity index (χ0n) is 49.0. The molecule has 0 bridgehead atoms. The molecule has 1 unspecified atom stereocenters. The van der Waals surface area contributed by atoms with Crippen LogP contribution in [0.5, 0.6) is 11.5 Å². The summed E-state index contributed by atoms with van der Waals surface area (Å²) in [5.41, 5.74) is 3.08. The van der Waals surface area contributed by atoms with Crippen molar-refractivity contribution in [3.63, 3.8) is 0 Å². The molecule has 0 radical (unpaired) electrons. The van der Waals surface area contributed by atoms with Crippen molar-refractivity contribution in [2.24, 2.45) is 10.4 Å². The second-order valence-corrected chi connectivity index (χ2v) is 27.0. The normalized spacial score (nSPS) is 19.0. The highest BCUT2D eigenvalue weighted by Gasteiger charge is 2.46. The van der Waals surface area contributed by atoms with Gasteiger partial charge in [0.15, 0.2) is 21.4 Å². The highest BCUT2D eigenvalue weighted by Crippen LogP contribution is 2.38. The minimum Gasteiger partial charge on any atom is -0.491 e. The third-order valence-corrected chi connectivity index (χ3v) is 17.7. The summed E-state index contributed by atoms with van der Waals surface area (Å²) in [6, 6.07) is 8.32. The number of sulfone groups is 1. The molecule has 22 nitrogen and oxygen atoms in total. The Bertz CT molecular complexity index is 3250. The maximum atomic E-state index is 14.9. The minimum atomic E-state index is -3.88. The molecule has 5 atom stereocenters. The molecular formula is C58H79N13O9S. The number of likely N-dealkylation sites (tertiary alicyclic amines) is 1. The van der Waals surface area contributed by atoms with Crippen molar-refractivity contribution in [2.75, 3.05) is 63.1 Å². The van der Waals surface area contributed by atoms with Gasteiger partial charge in [0.1, 0.15) is 59.2 Å². The fourth-order valence-electron chi connectivity index (χ4n) is 10.0. The Kier molecular flexibility index (Phi) is 17.8. The van der Waals surface area contributed by atoms with Crippen LogP contribution in [-0.4, -0.2) is 171 Å². The quantitative estimate of drug-likeness (QED) is 0.0830. The second-order valence-electron chi connectivity index (χ2n) is 24.4. The summed E-state index contributed by atoms with van der Waals surface area (Å²) >= 11 is 0. The van der Waals surface area contributed by atoms with Gasteiger partial charge in [0.05, 0.1) is 29.2 Å². The molecule has 4 amide bonds. The van der Waals surface area contributed by atoms with E-state index in [0.29, 0.717) is 67.0 Å². The number of H-pyrrole nitrogens is 1. The number of aromatic amines is 1. The number of amides is 4. The van der Waals surface area contributed by atoms with E-state index in [1.807, 2.05) is 46.8 Å². The van der Waals surface area contributed by atoms with Gasteiger partial charge in [0.2, 0.25) is 17.8 Å². The monoisotopic (exact) mass is 1130 g/mol. The average molecular weight is 1130 g/mol. The lowest BCUT2D eigenvalue weighted by atomic mass is 9.83. The van der Waals surface area contributed by atoms with E-state index in [0.717, 1.165) is 36.1 Å². The van der Waals surface area contributed by atoms with Crippen LogP contribution in [0.4, 0.5) is 22.4 Å². The number of carbonyl (C=O) groups excluding carboxylic acids is 4. The van der Waals surface area contributed by atoms with Gasteiger partial charge in [-0.2, -0.15) is 5.10 Å². The summed E-state index contributed by atoms with van der Waals surface area (Å²) in [5.74, 6) is 0.478. The van der Waals surface area contributed by atoms with Crippen LogP contribution in [-0.2, 0) is 35.4 Å². The number of nitrogens with one attached hydrogen (secondary N) is 3. The lowest BCUT2D eigenvalue weighted by Crippen LogP contribution is -2.59. The number of aliphatic imine (C=N–C) groups is 1. The summed E-state index contributed by atoms with van der Waals surface area (Å²) in [6.45, 7) is 24.4. The number of hydrogen-bond acceptors (Lipinski definition) is 17. The standard InChI is InChI=1S/C58H79N13O9S/c1-35-36(2)66-67-49(35)65-50-43-28-47(81(76,77)58(10,11)12)46(29-44(43)62-34-63-50)78-26-25-69-21-23-70(24-22-69)54-60-31-41(32-61-54)79-40-27-45(52(73)59-30-39-19-16-18-38-17-14-15-20-42(38)39)71(33-40)53(74)48(56(4,5)6)64-51(72)37(3)68(13)55(75)80-57(7,8)9/h14-15,17,20,28-32,34,37,39-40,45,48H,16,18-19,21-27,33H2,1-13H3,(H,64,72)(H2,62,63,65,66,67)/t37-,39?,40-,45-,48+/m0/s1. The maximum absolute atomic E-state index is 14.9. The van der Waals surface area contributed by atoms with Gasteiger partial charge < -0.3 is 34.6 Å². The van der Waals surface area contributed by atoms with Crippen molar-refractivity contribution in [3.05, 3.63) is 77.5 Å². The number of hydrogen-bond donors (Lipinski definition) is 3. The van der Waals surface area contributed by atoms with Crippen molar-refractivity contribution in [1.29, 1.82) is 0 Å². The number of aromatic nitrogens is 6. The Morgan fingerprint density at radius 3 is 2.30 bits per heavy atom. The number of likely N-dealkylation sites (N-methyl/N-ethyl adjacent to an activating group) is 1. The van der Waals surface area contributed by atoms with E-state index in [4.69, 9.17) is 14.2 Å². The molecule has 2 aliphatic heterocycles. The van der Waals surface area contributed by atoms with E-state index in [-0.39, 0.29) is 36.1 Å². The molecule has 3 aliphatic rings. The molecule has 0 spiro atoms. The van der Waals surface area contributed by atoms with Crippen LogP contribution < -0.4 is 25.0 Å². The molecule has 81 heavy (non-hydrogen) atoms. The predicted molar refractivity (Wildman–Crippen MR) is 309 cm³/mol. The molecule has 1 aliphatic carbocycles. The molecule has 2 saturated heterocycles. The molecule has 5 aromatic rings. The molecule has 436 valence electrons. The first kappa shape index (κ1) is 59.8. The zero-order chi connectivity index (χ0) is 58.8. The van der Waals surface area contributed by atoms with E-state index in [1.54, 1.807) is 79.2 Å². The van der Waals surface area contributed by atoms with E-state index in [1.165, 1.54) is 28.7 Å². The Balaban J connectivity index is 0.916. The van der Waals surface area contributed by atoms with Crippen LogP contribution in [0.1, 0.15) is 117 Å². The van der Waals surface area contributed by atoms with Crippen LogP contribution in [0.3, 0.4) is 0 Å². The van der Waals surface area contributed by atoms with Gasteiger partial charge in [0.25, 0.3) is 5.91 Å². The van der Waals surface area contributed by atoms with E-state index in [9.17, 15) is 27.6 Å². The first-order valence-electron chi connectivity index (χ1n) is 27.7. The van der Waals surface area contributed by atoms with Crippen molar-refractivity contribution in [1.82, 2.24) is 50.1 Å². The Morgan fingerprint density at radius 1 is 0.938 bits per heavy atom. The van der Waals surface area contributed by atoms with Crippen LogP contribution in [0.15, 0.2) is 65.0 Å². The predicted octanol–water partition coefficient (Wildman–Crippen LogP) is 7.13. The Labute approximate surface area is 475 Å². The summed E-state index contributed by atoms with van der Waals surface area (Å²) in [6.07, 6.45) is 7.84. The summed E-state index contributed by atoms with van der Waals surface area (Å²) < 4.78 is 45.3. The molecule has 2 aromatic carbocycles. The lowest BCUT2D eigenvalue weighted by Gasteiger charge is -2.36. The van der Waals surface area contributed by atoms with Gasteiger partial charge in [-0.25, -0.2) is 38.1 Å². The maximum Gasteiger partial charge on any atom is 0.410 e. The third-order valence-electron chi connectivity index (χ3n) is 15.2. The van der Waals surface area contributed by atoms with Crippen molar-refractivity contribution in [3.8, 4) is 11.5 Å². The fourth-order valence-corrected chi connectivity index (χ4v) is 11.3. The van der Waals surface area contributed by atoms with Gasteiger partial charge in [-0.3, -0.25) is 29.3 Å². The Morgan fingerprint density at radius 2 is 1.64 bits per heavy atom. The number of anilines is 3. The fraction of sp³-hybridized carbons (Fsp3) is 0.552. The molecule has 3 aromatic heterocycles. The highest BCUT2D eigenvalue weighted by molar-refractivity contribution is 7.92. The van der Waals surface area contributed by atoms with Crippen LogP contribution >= 0.6 is 0 Å². The minimum absolute atomic E-state index is 0.0215. The molecule has 8 rings (SSSR count). The number of benzene rings is 2. The number of ether oxygens (including phenoxy) is 3. The average Bonchev–Trinajstić information content (AvgIpc) is 4.04. The number of nitrogens with zero attached hydrogens (tertiary/aromatic N) is 10. The first-order chi connectivity index (χ1) is 38.1. The molecule has 2 fully saturated rings. The number of piperazine rings is 1. The number of rotatable bonds is 16. The summed E-state index contributed by atoms with van der Waals surface area (Å²) in [4.78, 5) is 85.6. The van der Waals surface area contributed by atoms with E-state index < -0.39 is 73.6 Å². The molecule has 0 saturated carbocycles. The largest absolute Gasteiger partial charge is 0.491 e. The zero-order valence-corrected chi connectivity index (χ0v) is 49.8. The topological polar surface area (TPSA) is 260 Å². The van der Waals surface area contributed by atoms with E-state index >= 15 is 0 Å². The molecule has 3 N–H and O–H groups in total. The number of carbonyl (C=O) groups is 4. The Hall–Kier alpha value is -7.27. The number of aryl methyl sites for hydroxylation is 2. The molecule has 23 heteroatoms. The molecular weight excluding hydrogens is 1050 g/mol. The van der Waals surface area contributed by atoms with Gasteiger partial charge in [-0.05, 0) is 104 Å². The van der Waals surface area contributed by atoms with Crippen molar-refractivity contribution in [2.45, 2.75) is 154 Å². The SMILES string of the molecule is Cc1[nH]nc(Nc2ncnc3cc(OCCN4CCN(c5ncc(O[C@H]6C[C@@H](C(=O)N=CC7CCCc8ccccc87)N(C(=O)[C@@H](NC(=O)[C@H](C)N(C)C(=O)OC(C)(C)C)C(C)(C)C)C6)cn5)CC4)c(S(=O)(=O)C(C)(C)C)cc23)c1C. The van der Waals surface area contributed by atoms with Crippen LogP contribution in [0.25, 0.3) is 10.9 Å². The molecule has 5 heterocycles. The van der Waals surface area contributed by atoms with Crippen LogP contribution in [0.2, 0.25) is 0 Å². The van der Waals surface area contributed by atoms with E-state index in [2.05, 4.69) is 67.7 Å². The van der Waals surface area contributed by atoms with Crippen molar-refractivity contribution < 1.29 is 41.8 Å². The highest BCUT2D eigenvalue weighted by atomic mass is 32.2. The third kappa shape index (κ3) is 13.9. The van der Waals surface area contributed by atoms with Gasteiger partial charge in [0, 0.05) is 81.0 Å². The van der Waals surface area contributed by atoms with Gasteiger partial charge in [-0.15, -0.1) is 0 Å². The lowest BCUT2D eigenvalue weighted by molar-refractivity contribution is -0.143. The van der Waals surface area contributed by atoms with Gasteiger partial charge in [-0.1, -0.05) is 45.0 Å². The number of fused-ring (bicyclic) bond motifs is 2. The van der Waals surface area contributed by atoms with Crippen molar-refractivity contribution >= 4 is 68.4 Å². The summed E-state index contributed by atoms with van der Waals surface area (Å²) in [5, 5.41) is 13.9. The van der Waals surface area contributed by atoms with Gasteiger partial charge >= 0.3 is 6.09 Å². The van der Waals surface area contributed by atoms with Crippen LogP contribution in [0, 0.1) is 19.3 Å². The first-order valence-corrected chi connectivity index (χ1v) is 29.2. The smallest absolute Gasteiger partial charge is 0.410 e.